The number of anilines is 1. The maximum Gasteiger partial charge on any atom is 0.227 e. The predicted octanol–water partition coefficient (Wildman–Crippen LogP) is 5.45. The number of halogens is 2. The Hall–Kier alpha value is -1.91. The Bertz CT molecular complexity index is 783. The third-order valence-electron chi connectivity index (χ3n) is 5.21. The first kappa shape index (κ1) is 19.8. The highest BCUT2D eigenvalue weighted by atomic mass is 35.5. The third kappa shape index (κ3) is 5.30. The molecule has 0 unspecified atom stereocenters. The Morgan fingerprint density at radius 3 is 2.44 bits per heavy atom. The molecular weight excluding hydrogens is 363 g/mol. The van der Waals surface area contributed by atoms with Crippen molar-refractivity contribution in [3.8, 4) is 0 Å². The summed E-state index contributed by atoms with van der Waals surface area (Å²) < 4.78 is 14.0. The van der Waals surface area contributed by atoms with Gasteiger partial charge >= 0.3 is 0 Å². The van der Waals surface area contributed by atoms with Gasteiger partial charge in [0.25, 0.3) is 0 Å². The van der Waals surface area contributed by atoms with E-state index in [4.69, 9.17) is 11.6 Å². The summed E-state index contributed by atoms with van der Waals surface area (Å²) in [6, 6.07) is 12.8. The zero-order chi connectivity index (χ0) is 19.4. The first-order valence-electron chi connectivity index (χ1n) is 9.49. The lowest BCUT2D eigenvalue weighted by Crippen LogP contribution is -2.37. The summed E-state index contributed by atoms with van der Waals surface area (Å²) >= 11 is 5.81. The molecule has 144 valence electrons. The summed E-state index contributed by atoms with van der Waals surface area (Å²) in [7, 11) is 0. The van der Waals surface area contributed by atoms with Gasteiger partial charge in [0, 0.05) is 28.7 Å². The van der Waals surface area contributed by atoms with Gasteiger partial charge in [-0.2, -0.15) is 0 Å². The van der Waals surface area contributed by atoms with E-state index < -0.39 is 0 Å². The van der Waals surface area contributed by atoms with Gasteiger partial charge in [-0.1, -0.05) is 43.6 Å². The average molecular weight is 389 g/mol. The monoisotopic (exact) mass is 388 g/mol. The Morgan fingerprint density at radius 1 is 1.19 bits per heavy atom. The van der Waals surface area contributed by atoms with E-state index in [2.05, 4.69) is 36.2 Å². The van der Waals surface area contributed by atoms with Gasteiger partial charge in [0.15, 0.2) is 0 Å². The van der Waals surface area contributed by atoms with Crippen LogP contribution in [0.3, 0.4) is 0 Å². The number of nitrogens with zero attached hydrogens (tertiary/aromatic N) is 1. The lowest BCUT2D eigenvalue weighted by atomic mass is 9.95. The third-order valence-corrected chi connectivity index (χ3v) is 5.45. The number of carbonyl (C=O) groups is 1. The maximum atomic E-state index is 14.0. The van der Waals surface area contributed by atoms with Crippen LogP contribution in [0.15, 0.2) is 42.5 Å². The Balaban J connectivity index is 1.50. The van der Waals surface area contributed by atoms with Crippen molar-refractivity contribution in [2.24, 2.45) is 5.92 Å². The van der Waals surface area contributed by atoms with E-state index >= 15 is 0 Å². The number of carbonyl (C=O) groups excluding carboxylic acids is 1. The minimum absolute atomic E-state index is 0.00101. The van der Waals surface area contributed by atoms with Crippen LogP contribution in [0.1, 0.15) is 43.7 Å². The van der Waals surface area contributed by atoms with Crippen LogP contribution in [0.25, 0.3) is 0 Å². The molecule has 2 aromatic carbocycles. The number of rotatable bonds is 5. The van der Waals surface area contributed by atoms with Crippen LogP contribution in [0.2, 0.25) is 5.02 Å². The number of piperidine rings is 1. The number of amides is 1. The summed E-state index contributed by atoms with van der Waals surface area (Å²) in [4.78, 5) is 14.7. The zero-order valence-corrected chi connectivity index (χ0v) is 16.6. The van der Waals surface area contributed by atoms with E-state index in [9.17, 15) is 9.18 Å². The topological polar surface area (TPSA) is 32.3 Å². The molecule has 1 fully saturated rings. The highest BCUT2D eigenvalue weighted by molar-refractivity contribution is 6.30. The van der Waals surface area contributed by atoms with Crippen LogP contribution < -0.4 is 5.32 Å². The first-order valence-corrected chi connectivity index (χ1v) is 9.87. The lowest BCUT2D eigenvalue weighted by Gasteiger charge is -2.31. The highest BCUT2D eigenvalue weighted by Crippen LogP contribution is 2.23. The molecule has 2 aromatic rings. The number of benzene rings is 2. The smallest absolute Gasteiger partial charge is 0.227 e. The van der Waals surface area contributed by atoms with E-state index in [0.29, 0.717) is 23.0 Å². The van der Waals surface area contributed by atoms with Crippen molar-refractivity contribution >= 4 is 23.2 Å². The minimum Gasteiger partial charge on any atom is -0.326 e. The summed E-state index contributed by atoms with van der Waals surface area (Å²) in [5.74, 6) is 0.280. The van der Waals surface area contributed by atoms with Crippen molar-refractivity contribution in [3.63, 3.8) is 0 Å². The number of hydrogen-bond donors (Lipinski definition) is 1. The molecule has 1 N–H and O–H groups in total. The Morgan fingerprint density at radius 2 is 1.85 bits per heavy atom. The Kier molecular flexibility index (Phi) is 6.51. The zero-order valence-electron chi connectivity index (χ0n) is 15.8. The molecule has 3 rings (SSSR count). The van der Waals surface area contributed by atoms with Crippen molar-refractivity contribution in [3.05, 3.63) is 64.4 Å². The van der Waals surface area contributed by atoms with E-state index in [1.54, 1.807) is 12.1 Å². The second kappa shape index (κ2) is 8.85. The quantitative estimate of drug-likeness (QED) is 0.738. The second-order valence-electron chi connectivity index (χ2n) is 7.55. The second-order valence-corrected chi connectivity index (χ2v) is 7.99. The largest absolute Gasteiger partial charge is 0.326 e. The molecule has 0 spiro atoms. The fourth-order valence-electron chi connectivity index (χ4n) is 3.44. The summed E-state index contributed by atoms with van der Waals surface area (Å²) in [6.07, 6.45) is 1.57. The van der Waals surface area contributed by atoms with Gasteiger partial charge in [0.05, 0.1) is 0 Å². The molecule has 1 heterocycles. The first-order chi connectivity index (χ1) is 12.9. The molecule has 0 aliphatic carbocycles. The molecule has 1 amide bonds. The van der Waals surface area contributed by atoms with Crippen LogP contribution in [-0.4, -0.2) is 23.9 Å². The molecule has 3 nitrogen and oxygen atoms in total. The van der Waals surface area contributed by atoms with E-state index in [0.717, 1.165) is 31.6 Å². The van der Waals surface area contributed by atoms with Gasteiger partial charge in [0.1, 0.15) is 5.82 Å². The van der Waals surface area contributed by atoms with Gasteiger partial charge in [-0.3, -0.25) is 9.69 Å². The van der Waals surface area contributed by atoms with Crippen LogP contribution in [0.5, 0.6) is 0 Å². The molecule has 0 aromatic heterocycles. The normalized spacial score (nSPS) is 15.9. The average Bonchev–Trinajstić information content (AvgIpc) is 2.65. The predicted molar refractivity (Wildman–Crippen MR) is 109 cm³/mol. The molecule has 0 bridgehead atoms. The van der Waals surface area contributed by atoms with E-state index in [1.165, 1.54) is 11.6 Å². The maximum absolute atomic E-state index is 14.0. The fraction of sp³-hybridized carbons (Fsp3) is 0.409. The van der Waals surface area contributed by atoms with Gasteiger partial charge in [-0.25, -0.2) is 4.39 Å². The minimum atomic E-state index is -0.271. The van der Waals surface area contributed by atoms with Crippen molar-refractivity contribution in [1.82, 2.24) is 4.90 Å². The van der Waals surface area contributed by atoms with Crippen molar-refractivity contribution in [2.75, 3.05) is 18.4 Å². The lowest BCUT2D eigenvalue weighted by molar-refractivity contribution is -0.121. The molecule has 1 aliphatic rings. The van der Waals surface area contributed by atoms with Gasteiger partial charge < -0.3 is 5.32 Å². The van der Waals surface area contributed by atoms with E-state index in [-0.39, 0.29) is 17.6 Å². The molecule has 0 atom stereocenters. The summed E-state index contributed by atoms with van der Waals surface area (Å²) in [5.41, 5.74) is 2.75. The molecule has 5 heteroatoms. The molecule has 0 radical (unpaired) electrons. The SMILES string of the molecule is CC(C)c1ccc(NC(=O)C2CCN(Cc3ccc(Cl)cc3F)CC2)cc1. The van der Waals surface area contributed by atoms with E-state index in [1.807, 2.05) is 12.1 Å². The van der Waals surface area contributed by atoms with Gasteiger partial charge in [0.2, 0.25) is 5.91 Å². The van der Waals surface area contributed by atoms with Crippen LogP contribution in [-0.2, 0) is 11.3 Å². The number of hydrogen-bond acceptors (Lipinski definition) is 2. The van der Waals surface area contributed by atoms with Gasteiger partial charge in [-0.05, 0) is 61.7 Å². The number of likely N-dealkylation sites (tertiary alicyclic amines) is 1. The van der Waals surface area contributed by atoms with Crippen molar-refractivity contribution < 1.29 is 9.18 Å². The van der Waals surface area contributed by atoms with Crippen LogP contribution in [0.4, 0.5) is 10.1 Å². The van der Waals surface area contributed by atoms with Crippen molar-refractivity contribution in [1.29, 1.82) is 0 Å². The van der Waals surface area contributed by atoms with Crippen LogP contribution >= 0.6 is 11.6 Å². The van der Waals surface area contributed by atoms with Crippen LogP contribution in [0, 0.1) is 11.7 Å². The molecule has 27 heavy (non-hydrogen) atoms. The Labute approximate surface area is 165 Å². The molecule has 1 saturated heterocycles. The molecular formula is C22H26ClFN2O. The van der Waals surface area contributed by atoms with Gasteiger partial charge in [-0.15, -0.1) is 0 Å². The number of nitrogens with one attached hydrogen (secondary N) is 1. The molecule has 0 saturated carbocycles. The van der Waals surface area contributed by atoms with Crippen molar-refractivity contribution in [2.45, 2.75) is 39.2 Å². The molecule has 1 aliphatic heterocycles. The fourth-order valence-corrected chi connectivity index (χ4v) is 3.60. The summed E-state index contributed by atoms with van der Waals surface area (Å²) in [5, 5.41) is 3.44. The summed E-state index contributed by atoms with van der Waals surface area (Å²) in [6.45, 7) is 6.42. The standard InChI is InChI=1S/C22H26ClFN2O/c1-15(2)16-4-7-20(8-5-16)25-22(27)17-9-11-26(12-10-17)14-18-3-6-19(23)13-21(18)24/h3-8,13,15,17H,9-12,14H2,1-2H3,(H,25,27). The highest BCUT2D eigenvalue weighted by Gasteiger charge is 2.25.